The van der Waals surface area contributed by atoms with Crippen molar-refractivity contribution in [2.24, 2.45) is 17.8 Å². The molecule has 4 atom stereocenters. The third-order valence-corrected chi connectivity index (χ3v) is 6.82. The van der Waals surface area contributed by atoms with Crippen molar-refractivity contribution in [1.82, 2.24) is 0 Å². The Morgan fingerprint density at radius 1 is 0.742 bits per heavy atom. The van der Waals surface area contributed by atoms with E-state index in [1.165, 1.54) is 12.8 Å². The molecule has 5 heteroatoms. The minimum atomic E-state index is -1.73. The van der Waals surface area contributed by atoms with E-state index < -0.39 is 23.3 Å². The van der Waals surface area contributed by atoms with Gasteiger partial charge < -0.3 is 0 Å². The normalized spacial score (nSPS) is 15.6. The van der Waals surface area contributed by atoms with Gasteiger partial charge in [-0.25, -0.2) is 13.2 Å². The minimum absolute atomic E-state index is 0.0748. The topological polar surface area (TPSA) is 4.44 Å². The molecule has 1 N–H and O–H groups in total. The fourth-order valence-corrected chi connectivity index (χ4v) is 4.60. The van der Waals surface area contributed by atoms with E-state index in [4.69, 9.17) is 0 Å². The number of hydrogen-bond donors (Lipinski definition) is 1. The summed E-state index contributed by atoms with van der Waals surface area (Å²) in [6, 6.07) is 0.856. The second kappa shape index (κ2) is 14.9. The monoisotopic (exact) mass is 446 g/mol. The molecule has 1 aromatic rings. The van der Waals surface area contributed by atoms with Crippen LogP contribution < -0.4 is 4.90 Å². The minimum Gasteiger partial charge on any atom is -0.300 e. The molecule has 1 nitrogen and oxygen atoms in total. The molecule has 0 aromatic heterocycles. The number of hydrogen-bond acceptors (Lipinski definition) is 0. The SMILES string of the molecule is CCCCC(CC)CC[NH+](CC(C)CCC(CC)CCC)c1cc(F)c(F)c(F)c1F. The van der Waals surface area contributed by atoms with Crippen molar-refractivity contribution in [2.75, 3.05) is 13.1 Å². The van der Waals surface area contributed by atoms with Crippen LogP contribution in [0.3, 0.4) is 0 Å². The summed E-state index contributed by atoms with van der Waals surface area (Å²) in [5.41, 5.74) is -0.0748. The van der Waals surface area contributed by atoms with Gasteiger partial charge in [0.05, 0.1) is 13.1 Å². The maximum absolute atomic E-state index is 14.6. The molecule has 1 rings (SSSR count). The van der Waals surface area contributed by atoms with E-state index in [2.05, 4.69) is 34.6 Å². The van der Waals surface area contributed by atoms with Gasteiger partial charge in [-0.15, -0.1) is 0 Å². The predicted molar refractivity (Wildman–Crippen MR) is 122 cm³/mol. The molecule has 0 aliphatic heterocycles. The second-order valence-electron chi connectivity index (χ2n) is 9.36. The highest BCUT2D eigenvalue weighted by atomic mass is 19.2. The van der Waals surface area contributed by atoms with Crippen molar-refractivity contribution in [1.29, 1.82) is 0 Å². The molecule has 0 fully saturated rings. The van der Waals surface area contributed by atoms with Crippen LogP contribution in [0.4, 0.5) is 23.2 Å². The Balaban J connectivity index is 2.98. The lowest BCUT2D eigenvalue weighted by molar-refractivity contribution is -0.838. The van der Waals surface area contributed by atoms with Crippen molar-refractivity contribution >= 4 is 5.69 Å². The highest BCUT2D eigenvalue weighted by molar-refractivity contribution is 5.33. The molecule has 180 valence electrons. The van der Waals surface area contributed by atoms with Gasteiger partial charge in [-0.3, -0.25) is 4.90 Å². The summed E-state index contributed by atoms with van der Waals surface area (Å²) >= 11 is 0. The molecule has 0 heterocycles. The third kappa shape index (κ3) is 9.11. The fraction of sp³-hybridized carbons (Fsp3) is 0.769. The van der Waals surface area contributed by atoms with Crippen molar-refractivity contribution in [3.63, 3.8) is 0 Å². The number of nitrogens with one attached hydrogen (secondary N) is 1. The molecule has 4 unspecified atom stereocenters. The predicted octanol–water partition coefficient (Wildman–Crippen LogP) is 7.61. The van der Waals surface area contributed by atoms with Gasteiger partial charge in [-0.05, 0) is 31.1 Å². The van der Waals surface area contributed by atoms with E-state index in [9.17, 15) is 17.6 Å². The van der Waals surface area contributed by atoms with Gasteiger partial charge in [0.15, 0.2) is 17.3 Å². The summed E-state index contributed by atoms with van der Waals surface area (Å²) in [6.45, 7) is 12.0. The Morgan fingerprint density at radius 3 is 1.97 bits per heavy atom. The van der Waals surface area contributed by atoms with E-state index >= 15 is 0 Å². The average molecular weight is 447 g/mol. The van der Waals surface area contributed by atoms with E-state index in [0.717, 1.165) is 62.3 Å². The van der Waals surface area contributed by atoms with Crippen molar-refractivity contribution in [3.8, 4) is 0 Å². The molecule has 0 amide bonds. The summed E-state index contributed by atoms with van der Waals surface area (Å²) in [5.74, 6) is -4.51. The molecule has 0 saturated heterocycles. The van der Waals surface area contributed by atoms with Gasteiger partial charge >= 0.3 is 0 Å². The van der Waals surface area contributed by atoms with Gasteiger partial charge in [0.1, 0.15) is 0 Å². The highest BCUT2D eigenvalue weighted by Crippen LogP contribution is 2.23. The summed E-state index contributed by atoms with van der Waals surface area (Å²) in [4.78, 5) is 0.723. The van der Waals surface area contributed by atoms with Crippen LogP contribution in [0, 0.1) is 41.0 Å². The molecule has 0 bridgehead atoms. The Labute approximate surface area is 187 Å². The molecule has 0 aliphatic rings. The van der Waals surface area contributed by atoms with Crippen LogP contribution in [0.15, 0.2) is 6.07 Å². The maximum atomic E-state index is 14.6. The van der Waals surface area contributed by atoms with E-state index in [1.807, 2.05) is 0 Å². The summed E-state index contributed by atoms with van der Waals surface area (Å²) < 4.78 is 56.0. The molecular formula is C26H44F4N+. The van der Waals surface area contributed by atoms with Gasteiger partial charge in [0.2, 0.25) is 11.6 Å². The van der Waals surface area contributed by atoms with Gasteiger partial charge in [-0.2, -0.15) is 4.39 Å². The first-order valence-corrected chi connectivity index (χ1v) is 12.5. The van der Waals surface area contributed by atoms with E-state index in [0.29, 0.717) is 24.9 Å². The second-order valence-corrected chi connectivity index (χ2v) is 9.36. The molecular weight excluding hydrogens is 402 g/mol. The standard InChI is InChI=1S/C26H43F4N/c1-6-10-12-21(9-4)15-16-31(18-19(5)13-14-20(8-3)11-7-2)23-17-22(27)24(28)26(30)25(23)29/h17,19-21H,6-16,18H2,1-5H3/p+1. The Hall–Kier alpha value is -1.10. The largest absolute Gasteiger partial charge is 0.300 e. The fourth-order valence-electron chi connectivity index (χ4n) is 4.60. The van der Waals surface area contributed by atoms with Crippen LogP contribution >= 0.6 is 0 Å². The van der Waals surface area contributed by atoms with Gasteiger partial charge in [0, 0.05) is 12.0 Å². The first kappa shape index (κ1) is 27.9. The summed E-state index contributed by atoms with van der Waals surface area (Å²) in [5, 5.41) is 0. The summed E-state index contributed by atoms with van der Waals surface area (Å²) in [6.07, 6.45) is 10.9. The maximum Gasteiger partial charge on any atom is 0.222 e. The number of rotatable bonds is 16. The quantitative estimate of drug-likeness (QED) is 0.151. The molecule has 1 aromatic carbocycles. The lowest BCUT2D eigenvalue weighted by Crippen LogP contribution is -3.08. The third-order valence-electron chi connectivity index (χ3n) is 6.82. The molecule has 0 spiro atoms. The zero-order valence-corrected chi connectivity index (χ0v) is 20.3. The Morgan fingerprint density at radius 2 is 1.39 bits per heavy atom. The smallest absolute Gasteiger partial charge is 0.222 e. The van der Waals surface area contributed by atoms with Crippen LogP contribution in [0.5, 0.6) is 0 Å². The van der Waals surface area contributed by atoms with E-state index in [-0.39, 0.29) is 11.6 Å². The van der Waals surface area contributed by atoms with Crippen LogP contribution in [0.1, 0.15) is 98.8 Å². The lowest BCUT2D eigenvalue weighted by atomic mass is 9.91. The molecule has 0 aliphatic carbocycles. The van der Waals surface area contributed by atoms with E-state index in [1.54, 1.807) is 0 Å². The number of quaternary nitrogens is 1. The lowest BCUT2D eigenvalue weighted by Gasteiger charge is -2.26. The van der Waals surface area contributed by atoms with Crippen LogP contribution in [0.25, 0.3) is 0 Å². The molecule has 0 saturated carbocycles. The first-order valence-electron chi connectivity index (χ1n) is 12.5. The molecule has 31 heavy (non-hydrogen) atoms. The molecule has 0 radical (unpaired) electrons. The Bertz CT molecular complexity index is 634. The van der Waals surface area contributed by atoms with Crippen LogP contribution in [0.2, 0.25) is 0 Å². The first-order chi connectivity index (χ1) is 14.8. The zero-order valence-electron chi connectivity index (χ0n) is 20.3. The Kier molecular flexibility index (Phi) is 13.4. The number of halogens is 4. The number of unbranched alkanes of at least 4 members (excludes halogenated alkanes) is 1. The number of benzene rings is 1. The zero-order chi connectivity index (χ0) is 23.4. The van der Waals surface area contributed by atoms with Crippen molar-refractivity contribution < 1.29 is 22.5 Å². The van der Waals surface area contributed by atoms with Gasteiger partial charge in [0.25, 0.3) is 0 Å². The average Bonchev–Trinajstić information content (AvgIpc) is 2.76. The van der Waals surface area contributed by atoms with Crippen LogP contribution in [-0.2, 0) is 0 Å². The highest BCUT2D eigenvalue weighted by Gasteiger charge is 2.28. The van der Waals surface area contributed by atoms with Crippen molar-refractivity contribution in [3.05, 3.63) is 29.3 Å². The van der Waals surface area contributed by atoms with Gasteiger partial charge in [-0.1, -0.05) is 79.6 Å². The van der Waals surface area contributed by atoms with Crippen molar-refractivity contribution in [2.45, 2.75) is 98.8 Å². The van der Waals surface area contributed by atoms with Crippen LogP contribution in [-0.4, -0.2) is 13.1 Å². The summed E-state index contributed by atoms with van der Waals surface area (Å²) in [7, 11) is 0.